The molecule has 0 spiro atoms. The third-order valence-corrected chi connectivity index (χ3v) is 7.14. The lowest BCUT2D eigenvalue weighted by Gasteiger charge is -2.28. The largest absolute Gasteiger partial charge is 0.333 e. The lowest BCUT2D eigenvalue weighted by Crippen LogP contribution is -2.35. The van der Waals surface area contributed by atoms with E-state index in [4.69, 9.17) is 0 Å². The van der Waals surface area contributed by atoms with Gasteiger partial charge in [-0.25, -0.2) is 4.98 Å². The second kappa shape index (κ2) is 8.24. The maximum atomic E-state index is 13.3. The number of aromatic nitrogens is 3. The zero-order chi connectivity index (χ0) is 22.2. The highest BCUT2D eigenvalue weighted by molar-refractivity contribution is 7.16. The molecule has 0 bridgehead atoms. The minimum atomic E-state index is -0.119. The fraction of sp³-hybridized carbons (Fsp3) is 0.240. The van der Waals surface area contributed by atoms with Gasteiger partial charge in [-0.3, -0.25) is 14.7 Å². The number of aryl methyl sites for hydroxylation is 2. The number of benzene rings is 2. The highest BCUT2D eigenvalue weighted by Crippen LogP contribution is 2.26. The highest BCUT2D eigenvalue weighted by Gasteiger charge is 2.26. The van der Waals surface area contributed by atoms with Gasteiger partial charge in [0.1, 0.15) is 4.88 Å². The molecule has 7 heteroatoms. The number of aromatic amines is 1. The number of rotatable bonds is 4. The summed E-state index contributed by atoms with van der Waals surface area (Å²) in [5.74, 6) is -0.0263. The summed E-state index contributed by atoms with van der Waals surface area (Å²) in [6.45, 7) is 5.01. The van der Waals surface area contributed by atoms with Crippen molar-refractivity contribution < 1.29 is 4.79 Å². The predicted octanol–water partition coefficient (Wildman–Crippen LogP) is 4.03. The number of nitrogens with zero attached hydrogens (tertiary/aromatic N) is 3. The van der Waals surface area contributed by atoms with E-state index in [2.05, 4.69) is 22.2 Å². The Labute approximate surface area is 190 Å². The first-order valence-electron chi connectivity index (χ1n) is 10.7. The Balaban J connectivity index is 1.42. The maximum absolute atomic E-state index is 13.3. The van der Waals surface area contributed by atoms with Crippen LogP contribution in [0.3, 0.4) is 0 Å². The summed E-state index contributed by atoms with van der Waals surface area (Å²) in [7, 11) is 0. The van der Waals surface area contributed by atoms with Crippen LogP contribution >= 0.6 is 11.3 Å². The summed E-state index contributed by atoms with van der Waals surface area (Å²) in [6.07, 6.45) is 1.41. The van der Waals surface area contributed by atoms with Gasteiger partial charge < -0.3 is 4.90 Å². The summed E-state index contributed by atoms with van der Waals surface area (Å²) in [6, 6.07) is 18.2. The minimum absolute atomic E-state index is 0.0263. The number of carbonyl (C=O) groups excluding carboxylic acids is 1. The number of amides is 1. The summed E-state index contributed by atoms with van der Waals surface area (Å²) in [4.78, 5) is 33.4. The Kier molecular flexibility index (Phi) is 5.27. The van der Waals surface area contributed by atoms with Crippen molar-refractivity contribution in [3.05, 3.63) is 103 Å². The molecule has 6 nitrogen and oxygen atoms in total. The van der Waals surface area contributed by atoms with Gasteiger partial charge in [0.15, 0.2) is 0 Å². The zero-order valence-electron chi connectivity index (χ0n) is 18.1. The van der Waals surface area contributed by atoms with E-state index < -0.39 is 0 Å². The number of hydrogen-bond acceptors (Lipinski definition) is 4. The third kappa shape index (κ3) is 3.69. The number of hydrogen-bond donors (Lipinski definition) is 1. The number of carbonyl (C=O) groups is 1. The zero-order valence-corrected chi connectivity index (χ0v) is 18.9. The van der Waals surface area contributed by atoms with E-state index in [1.807, 2.05) is 61.2 Å². The van der Waals surface area contributed by atoms with Crippen LogP contribution in [0.5, 0.6) is 0 Å². The lowest BCUT2D eigenvalue weighted by atomic mass is 10.00. The molecule has 1 amide bonds. The van der Waals surface area contributed by atoms with Crippen LogP contribution in [-0.2, 0) is 19.4 Å². The van der Waals surface area contributed by atoms with Crippen LogP contribution in [0.1, 0.15) is 43.3 Å². The molecule has 4 aromatic rings. The molecule has 2 aromatic carbocycles. The van der Waals surface area contributed by atoms with Gasteiger partial charge in [-0.1, -0.05) is 65.9 Å². The Morgan fingerprint density at radius 1 is 1.06 bits per heavy atom. The maximum Gasteiger partial charge on any atom is 0.277 e. The van der Waals surface area contributed by atoms with Crippen LogP contribution in [0.25, 0.3) is 5.13 Å². The smallest absolute Gasteiger partial charge is 0.277 e. The number of nitrogens with one attached hydrogen (secondary N) is 1. The molecular weight excluding hydrogens is 420 g/mol. The molecule has 32 heavy (non-hydrogen) atoms. The van der Waals surface area contributed by atoms with E-state index in [9.17, 15) is 9.59 Å². The first-order valence-corrected chi connectivity index (χ1v) is 11.5. The Bertz CT molecular complexity index is 1350. The molecule has 0 saturated heterocycles. The average Bonchev–Trinajstić information content (AvgIpc) is 3.33. The first-order chi connectivity index (χ1) is 15.5. The highest BCUT2D eigenvalue weighted by atomic mass is 32.1. The number of thiazole rings is 1. The first kappa shape index (κ1) is 20.5. The molecule has 162 valence electrons. The van der Waals surface area contributed by atoms with Gasteiger partial charge in [0.2, 0.25) is 5.13 Å². The standard InChI is InChI=1S/C25H24N4O2S/c1-16-21(14-18-8-4-3-5-9-18)23(30)29(27-16)25-26-17(2)22(32-25)24(31)28-13-12-19-10-6-7-11-20(19)15-28/h3-11,27H,12-15H2,1-2H3. The molecule has 0 unspecified atom stereocenters. The molecule has 1 N–H and O–H groups in total. The van der Waals surface area contributed by atoms with E-state index in [1.165, 1.54) is 27.1 Å². The van der Waals surface area contributed by atoms with E-state index in [0.717, 1.165) is 17.7 Å². The van der Waals surface area contributed by atoms with Crippen molar-refractivity contribution >= 4 is 17.2 Å². The molecule has 1 aliphatic rings. The van der Waals surface area contributed by atoms with Gasteiger partial charge in [-0.15, -0.1) is 0 Å². The average molecular weight is 445 g/mol. The molecule has 2 aromatic heterocycles. The number of fused-ring (bicyclic) bond motifs is 1. The van der Waals surface area contributed by atoms with Gasteiger partial charge in [0, 0.05) is 30.8 Å². The molecule has 0 atom stereocenters. The molecule has 1 aliphatic heterocycles. The second-order valence-electron chi connectivity index (χ2n) is 8.17. The van der Waals surface area contributed by atoms with Crippen molar-refractivity contribution in [1.29, 1.82) is 0 Å². The van der Waals surface area contributed by atoms with Gasteiger partial charge >= 0.3 is 0 Å². The van der Waals surface area contributed by atoms with Crippen molar-refractivity contribution in [2.24, 2.45) is 0 Å². The van der Waals surface area contributed by atoms with E-state index >= 15 is 0 Å². The van der Waals surface area contributed by atoms with Crippen LogP contribution in [0.15, 0.2) is 59.4 Å². The van der Waals surface area contributed by atoms with Crippen LogP contribution < -0.4 is 5.56 Å². The summed E-state index contributed by atoms with van der Waals surface area (Å²) >= 11 is 1.27. The third-order valence-electron chi connectivity index (χ3n) is 6.01. The van der Waals surface area contributed by atoms with E-state index in [0.29, 0.717) is 40.8 Å². The monoisotopic (exact) mass is 444 g/mol. The molecule has 0 saturated carbocycles. The molecule has 5 rings (SSSR count). The van der Waals surface area contributed by atoms with Crippen molar-refractivity contribution in [3.8, 4) is 5.13 Å². The quantitative estimate of drug-likeness (QED) is 0.517. The SMILES string of the molecule is Cc1nc(-n2[nH]c(C)c(Cc3ccccc3)c2=O)sc1C(=O)N1CCc2ccccc2C1. The second-order valence-corrected chi connectivity index (χ2v) is 9.15. The normalized spacial score (nSPS) is 13.2. The van der Waals surface area contributed by atoms with Gasteiger partial charge in [0.05, 0.1) is 5.69 Å². The predicted molar refractivity (Wildman–Crippen MR) is 126 cm³/mol. The fourth-order valence-corrected chi connectivity index (χ4v) is 5.21. The van der Waals surface area contributed by atoms with Gasteiger partial charge in [0.25, 0.3) is 11.5 Å². The van der Waals surface area contributed by atoms with Crippen LogP contribution in [-0.4, -0.2) is 32.1 Å². The Morgan fingerprint density at radius 3 is 2.56 bits per heavy atom. The Morgan fingerprint density at radius 2 is 1.78 bits per heavy atom. The molecule has 0 radical (unpaired) electrons. The molecule has 3 heterocycles. The summed E-state index contributed by atoms with van der Waals surface area (Å²) < 4.78 is 1.47. The topological polar surface area (TPSA) is 71.0 Å². The summed E-state index contributed by atoms with van der Waals surface area (Å²) in [5.41, 5.74) is 5.63. The van der Waals surface area contributed by atoms with Gasteiger partial charge in [-0.2, -0.15) is 4.68 Å². The lowest BCUT2D eigenvalue weighted by molar-refractivity contribution is 0.0738. The molecule has 0 aliphatic carbocycles. The number of H-pyrrole nitrogens is 1. The van der Waals surface area contributed by atoms with E-state index in [-0.39, 0.29) is 11.5 Å². The van der Waals surface area contributed by atoms with Crippen LogP contribution in [0.4, 0.5) is 0 Å². The van der Waals surface area contributed by atoms with Crippen molar-refractivity contribution in [3.63, 3.8) is 0 Å². The van der Waals surface area contributed by atoms with E-state index in [1.54, 1.807) is 0 Å². The van der Waals surface area contributed by atoms with Gasteiger partial charge in [-0.05, 0) is 37.0 Å². The Hall–Kier alpha value is -3.45. The molecule has 0 fully saturated rings. The van der Waals surface area contributed by atoms with Crippen LogP contribution in [0, 0.1) is 13.8 Å². The minimum Gasteiger partial charge on any atom is -0.333 e. The summed E-state index contributed by atoms with van der Waals surface area (Å²) in [5, 5.41) is 3.64. The van der Waals surface area contributed by atoms with Crippen molar-refractivity contribution in [1.82, 2.24) is 19.7 Å². The fourth-order valence-electron chi connectivity index (χ4n) is 4.21. The van der Waals surface area contributed by atoms with Crippen molar-refractivity contribution in [2.75, 3.05) is 6.54 Å². The van der Waals surface area contributed by atoms with Crippen molar-refractivity contribution in [2.45, 2.75) is 33.2 Å². The van der Waals surface area contributed by atoms with Crippen LogP contribution in [0.2, 0.25) is 0 Å². The molecular formula is C25H24N4O2S.